The largest absolute Gasteiger partial charge is 0.444 e. The summed E-state index contributed by atoms with van der Waals surface area (Å²) in [5, 5.41) is 7.94. The van der Waals surface area contributed by atoms with Gasteiger partial charge in [-0.05, 0) is 55.9 Å². The van der Waals surface area contributed by atoms with Crippen molar-refractivity contribution >= 4 is 35.6 Å². The van der Waals surface area contributed by atoms with E-state index in [9.17, 15) is 9.00 Å². The predicted molar refractivity (Wildman–Crippen MR) is 112 cm³/mol. The minimum absolute atomic E-state index is 0.0357. The highest BCUT2D eigenvalue weighted by Crippen LogP contribution is 2.38. The van der Waals surface area contributed by atoms with Crippen molar-refractivity contribution in [3.63, 3.8) is 0 Å². The van der Waals surface area contributed by atoms with Crippen LogP contribution in [0.2, 0.25) is 18.1 Å². The van der Waals surface area contributed by atoms with Gasteiger partial charge in [-0.15, -0.1) is 11.3 Å². The van der Waals surface area contributed by atoms with E-state index in [0.29, 0.717) is 10.8 Å². The molecule has 2 N–H and O–H groups in total. The number of thiophene rings is 1. The number of hydrogen-bond acceptors (Lipinski definition) is 5. The van der Waals surface area contributed by atoms with Crippen LogP contribution in [0, 0.1) is 0 Å². The highest BCUT2D eigenvalue weighted by molar-refractivity contribution is 7.94. The van der Waals surface area contributed by atoms with Gasteiger partial charge in [0.2, 0.25) is 0 Å². The molecule has 0 aliphatic carbocycles. The number of ether oxygens (including phenoxy) is 1. The van der Waals surface area contributed by atoms with Crippen molar-refractivity contribution in [2.45, 2.75) is 76.0 Å². The van der Waals surface area contributed by atoms with Gasteiger partial charge >= 0.3 is 6.09 Å². The van der Waals surface area contributed by atoms with Crippen molar-refractivity contribution in [1.82, 2.24) is 4.90 Å². The lowest BCUT2D eigenvalue weighted by Gasteiger charge is -2.32. The SMILES string of the molecule is CN(Cc1csc(S(N)(=O)=N[Si](C)(C)C(C)(C)C)c1)C(=O)OC(C)(C)C. The molecule has 1 heterocycles. The van der Waals surface area contributed by atoms with Gasteiger partial charge in [0.05, 0.1) is 0 Å². The second kappa shape index (κ2) is 7.61. The van der Waals surface area contributed by atoms with Gasteiger partial charge in [0.1, 0.15) is 19.7 Å². The molecule has 0 aliphatic heterocycles. The van der Waals surface area contributed by atoms with Crippen LogP contribution in [0.25, 0.3) is 0 Å². The molecule has 1 rings (SSSR count). The Morgan fingerprint density at radius 3 is 2.31 bits per heavy atom. The van der Waals surface area contributed by atoms with E-state index in [1.54, 1.807) is 13.1 Å². The molecule has 0 radical (unpaired) electrons. The molecule has 26 heavy (non-hydrogen) atoms. The maximum absolute atomic E-state index is 13.0. The number of nitrogens with two attached hydrogens (primary N) is 1. The molecule has 0 spiro atoms. The van der Waals surface area contributed by atoms with Crippen LogP contribution in [0.4, 0.5) is 4.79 Å². The van der Waals surface area contributed by atoms with E-state index in [0.717, 1.165) is 5.56 Å². The maximum Gasteiger partial charge on any atom is 0.410 e. The van der Waals surface area contributed by atoms with Crippen LogP contribution in [0.5, 0.6) is 0 Å². The molecule has 0 saturated carbocycles. The Morgan fingerprint density at radius 2 is 1.85 bits per heavy atom. The fourth-order valence-electron chi connectivity index (χ4n) is 1.79. The molecule has 0 fully saturated rings. The van der Waals surface area contributed by atoms with Gasteiger partial charge < -0.3 is 9.64 Å². The van der Waals surface area contributed by atoms with Crippen LogP contribution in [-0.2, 0) is 21.2 Å². The van der Waals surface area contributed by atoms with Gasteiger partial charge in [-0.3, -0.25) is 4.03 Å². The first-order valence-electron chi connectivity index (χ1n) is 8.52. The first kappa shape index (κ1) is 23.1. The highest BCUT2D eigenvalue weighted by atomic mass is 32.2. The Hall–Kier alpha value is -0.903. The minimum atomic E-state index is -2.94. The van der Waals surface area contributed by atoms with E-state index in [2.05, 4.69) is 37.9 Å². The van der Waals surface area contributed by atoms with Gasteiger partial charge in [0.15, 0.2) is 8.24 Å². The second-order valence-electron chi connectivity index (χ2n) is 9.08. The third-order valence-electron chi connectivity index (χ3n) is 4.24. The minimum Gasteiger partial charge on any atom is -0.444 e. The van der Waals surface area contributed by atoms with E-state index in [1.807, 2.05) is 26.2 Å². The van der Waals surface area contributed by atoms with Crippen molar-refractivity contribution in [1.29, 1.82) is 0 Å². The lowest BCUT2D eigenvalue weighted by atomic mass is 10.2. The Bertz CT molecular complexity index is 767. The van der Waals surface area contributed by atoms with E-state index in [1.165, 1.54) is 16.2 Å². The first-order chi connectivity index (χ1) is 11.4. The summed E-state index contributed by atoms with van der Waals surface area (Å²) < 4.78 is 23.5. The molecule has 150 valence electrons. The fourth-order valence-corrected chi connectivity index (χ4v) is 7.94. The summed E-state index contributed by atoms with van der Waals surface area (Å²) in [7, 11) is -3.42. The average molecular weight is 420 g/mol. The summed E-state index contributed by atoms with van der Waals surface area (Å²) in [6.45, 7) is 16.3. The van der Waals surface area contributed by atoms with Crippen molar-refractivity contribution in [2.75, 3.05) is 7.05 Å². The van der Waals surface area contributed by atoms with Crippen LogP contribution >= 0.6 is 11.3 Å². The molecular weight excluding hydrogens is 386 g/mol. The summed E-state index contributed by atoms with van der Waals surface area (Å²) in [4.78, 5) is 13.6. The third-order valence-corrected chi connectivity index (χ3v) is 13.3. The topological polar surface area (TPSA) is 85.0 Å². The normalized spacial score (nSPS) is 15.3. The smallest absolute Gasteiger partial charge is 0.410 e. The van der Waals surface area contributed by atoms with Crippen LogP contribution < -0.4 is 5.14 Å². The summed E-state index contributed by atoms with van der Waals surface area (Å²) in [6, 6.07) is 1.78. The number of rotatable bonds is 4. The molecule has 1 atom stereocenters. The van der Waals surface area contributed by atoms with Crippen LogP contribution in [-0.4, -0.2) is 36.1 Å². The lowest BCUT2D eigenvalue weighted by Crippen LogP contribution is -2.37. The van der Waals surface area contributed by atoms with Gasteiger partial charge in [-0.25, -0.2) is 14.1 Å². The molecule has 1 amide bonds. The fraction of sp³-hybridized carbons (Fsp3) is 0.706. The summed E-state index contributed by atoms with van der Waals surface area (Å²) in [6.07, 6.45) is -0.398. The second-order valence-corrected chi connectivity index (χ2v) is 17.2. The van der Waals surface area contributed by atoms with Gasteiger partial charge in [-0.2, -0.15) is 0 Å². The van der Waals surface area contributed by atoms with Crippen molar-refractivity contribution in [2.24, 2.45) is 9.17 Å². The Labute approximate surface area is 163 Å². The van der Waals surface area contributed by atoms with E-state index >= 15 is 0 Å². The van der Waals surface area contributed by atoms with Gasteiger partial charge in [0.25, 0.3) is 0 Å². The van der Waals surface area contributed by atoms with Crippen LogP contribution in [0.1, 0.15) is 47.1 Å². The number of nitrogens with zero attached hydrogens (tertiary/aromatic N) is 2. The molecule has 1 aromatic rings. The number of amides is 1. The number of hydrogen-bond donors (Lipinski definition) is 1. The number of carbonyl (C=O) groups is 1. The molecular formula is C17H33N3O3S2Si. The average Bonchev–Trinajstić information content (AvgIpc) is 2.83. The maximum atomic E-state index is 13.0. The molecule has 0 saturated heterocycles. The standard InChI is InChI=1S/C17H33N3O3S2Si/c1-16(2,3)23-15(21)20(7)11-13-10-14(24-12-13)25(18,22)19-26(8,9)17(4,5)6/h10,12H,11H2,1-9H3,(H2,18,19,22). The Balaban J connectivity index is 3.00. The monoisotopic (exact) mass is 419 g/mol. The Kier molecular flexibility index (Phi) is 6.77. The Morgan fingerprint density at radius 1 is 1.31 bits per heavy atom. The molecule has 0 bridgehead atoms. The van der Waals surface area contributed by atoms with Gasteiger partial charge in [0, 0.05) is 13.6 Å². The number of carbonyl (C=O) groups excluding carboxylic acids is 1. The first-order valence-corrected chi connectivity index (χ1v) is 13.9. The highest BCUT2D eigenvalue weighted by Gasteiger charge is 2.37. The molecule has 0 aromatic carbocycles. The summed E-state index contributed by atoms with van der Waals surface area (Å²) in [5.41, 5.74) is 0.320. The van der Waals surface area contributed by atoms with Crippen LogP contribution in [0.3, 0.4) is 0 Å². The lowest BCUT2D eigenvalue weighted by molar-refractivity contribution is 0.0285. The van der Waals surface area contributed by atoms with E-state index in [4.69, 9.17) is 9.88 Å². The van der Waals surface area contributed by atoms with Crippen molar-refractivity contribution in [3.05, 3.63) is 17.0 Å². The van der Waals surface area contributed by atoms with E-state index in [-0.39, 0.29) is 5.04 Å². The zero-order valence-corrected chi connectivity index (χ0v) is 20.0. The van der Waals surface area contributed by atoms with Gasteiger partial charge in [-0.1, -0.05) is 20.8 Å². The third kappa shape index (κ3) is 6.36. The van der Waals surface area contributed by atoms with Crippen LogP contribution in [0.15, 0.2) is 19.7 Å². The summed E-state index contributed by atoms with van der Waals surface area (Å²) in [5.74, 6) is 0. The van der Waals surface area contributed by atoms with Crippen molar-refractivity contribution in [3.8, 4) is 0 Å². The molecule has 0 aliphatic rings. The molecule has 1 aromatic heterocycles. The zero-order chi connectivity index (χ0) is 20.6. The molecule has 1 unspecified atom stereocenters. The quantitative estimate of drug-likeness (QED) is 0.710. The predicted octanol–water partition coefficient (Wildman–Crippen LogP) is 4.82. The summed E-state index contributed by atoms with van der Waals surface area (Å²) >= 11 is 1.32. The van der Waals surface area contributed by atoms with Crippen molar-refractivity contribution < 1.29 is 13.7 Å². The molecule has 9 heteroatoms. The van der Waals surface area contributed by atoms with E-state index < -0.39 is 29.8 Å². The molecule has 6 nitrogen and oxygen atoms in total. The zero-order valence-electron chi connectivity index (χ0n) is 17.4.